The van der Waals surface area contributed by atoms with Crippen LogP contribution in [0.15, 0.2) is 46.6 Å². The van der Waals surface area contributed by atoms with Gasteiger partial charge in [-0.1, -0.05) is 5.18 Å². The first-order chi connectivity index (χ1) is 15.8. The summed E-state index contributed by atoms with van der Waals surface area (Å²) in [5.74, 6) is -0.362. The minimum atomic E-state index is -3.67. The Morgan fingerprint density at radius 1 is 1.06 bits per heavy atom. The highest BCUT2D eigenvalue weighted by atomic mass is 32.2. The number of sulfonamides is 1. The molecule has 33 heavy (non-hydrogen) atoms. The highest BCUT2D eigenvalue weighted by molar-refractivity contribution is 7.89. The van der Waals surface area contributed by atoms with Crippen LogP contribution < -0.4 is 0 Å². The van der Waals surface area contributed by atoms with Crippen molar-refractivity contribution in [3.05, 3.63) is 58.5 Å². The van der Waals surface area contributed by atoms with Crippen LogP contribution in [-0.4, -0.2) is 60.7 Å². The summed E-state index contributed by atoms with van der Waals surface area (Å²) in [6.45, 7) is 2.91. The van der Waals surface area contributed by atoms with Crippen LogP contribution in [0.2, 0.25) is 0 Å². The number of Topliss-reactive ketones (excluding diaryl/α,β-unsaturated/α-hetero) is 1. The number of carbonyl (C=O) groups excluding carboxylic acids is 1. The summed E-state index contributed by atoms with van der Waals surface area (Å²) in [7, 11) is -1.95. The van der Waals surface area contributed by atoms with E-state index < -0.39 is 16.1 Å². The van der Waals surface area contributed by atoms with Gasteiger partial charge < -0.3 is 9.47 Å². The first kappa shape index (κ1) is 23.7. The standard InChI is InChI=1S/C23H29FN4O4S/c1-26-13-10-21-22(26)20(25-30)9-16-28(33(21,31)32)12-2-11-27-14-7-18(8-15-27)23(29)17-3-5-19(24)6-4-17/h3-6,10,13,18,20H,2,7-9,11-12,14-16H2,1H3. The molecule has 0 spiro atoms. The zero-order chi connectivity index (χ0) is 23.6. The molecule has 1 atom stereocenters. The van der Waals surface area contributed by atoms with Crippen LogP contribution in [-0.2, 0) is 17.1 Å². The van der Waals surface area contributed by atoms with Gasteiger partial charge in [-0.3, -0.25) is 4.79 Å². The molecule has 1 aromatic heterocycles. The summed E-state index contributed by atoms with van der Waals surface area (Å²) < 4.78 is 42.5. The van der Waals surface area contributed by atoms with Gasteiger partial charge in [-0.05, 0) is 75.6 Å². The Balaban J connectivity index is 1.30. The number of piperidine rings is 1. The summed E-state index contributed by atoms with van der Waals surface area (Å²) in [5.41, 5.74) is 1.00. The van der Waals surface area contributed by atoms with Gasteiger partial charge in [0.15, 0.2) is 5.78 Å². The SMILES string of the molecule is Cn1ccc2c1C(N=O)CCN(CCCN1CCC(C(=O)c3ccc(F)cc3)CC1)S2(=O)=O. The van der Waals surface area contributed by atoms with Gasteiger partial charge in [-0.25, -0.2) is 12.8 Å². The molecular formula is C23H29FN4O4S. The van der Waals surface area contributed by atoms with E-state index in [1.807, 2.05) is 0 Å². The van der Waals surface area contributed by atoms with Crippen molar-refractivity contribution in [3.63, 3.8) is 0 Å². The first-order valence-corrected chi connectivity index (χ1v) is 12.7. The Morgan fingerprint density at radius 2 is 1.76 bits per heavy atom. The second kappa shape index (κ2) is 9.82. The maximum Gasteiger partial charge on any atom is 0.244 e. The second-order valence-corrected chi connectivity index (χ2v) is 10.7. The van der Waals surface area contributed by atoms with Crippen molar-refractivity contribution >= 4 is 15.8 Å². The maximum atomic E-state index is 13.1. The lowest BCUT2D eigenvalue weighted by molar-refractivity contribution is 0.0838. The van der Waals surface area contributed by atoms with Gasteiger partial charge in [0, 0.05) is 37.8 Å². The smallest absolute Gasteiger partial charge is 0.244 e. The molecule has 0 amide bonds. The number of aryl methyl sites for hydroxylation is 1. The number of hydrogen-bond acceptors (Lipinski definition) is 6. The largest absolute Gasteiger partial charge is 0.351 e. The summed E-state index contributed by atoms with van der Waals surface area (Å²) in [4.78, 5) is 26.4. The fourth-order valence-electron chi connectivity index (χ4n) is 4.87. The number of halogens is 1. The van der Waals surface area contributed by atoms with Crippen molar-refractivity contribution in [2.75, 3.05) is 32.7 Å². The number of likely N-dealkylation sites (tertiary alicyclic amines) is 1. The topological polar surface area (TPSA) is 92.1 Å². The predicted octanol–water partition coefficient (Wildman–Crippen LogP) is 3.35. The molecule has 0 N–H and O–H groups in total. The van der Waals surface area contributed by atoms with E-state index in [0.717, 1.165) is 32.5 Å². The van der Waals surface area contributed by atoms with E-state index >= 15 is 0 Å². The maximum absolute atomic E-state index is 13.1. The third-order valence-corrected chi connectivity index (χ3v) is 8.71. The van der Waals surface area contributed by atoms with E-state index in [9.17, 15) is 22.5 Å². The number of nitrogens with zero attached hydrogens (tertiary/aromatic N) is 4. The van der Waals surface area contributed by atoms with E-state index in [1.165, 1.54) is 28.6 Å². The number of ketones is 1. The fourth-order valence-corrected chi connectivity index (χ4v) is 6.64. The van der Waals surface area contributed by atoms with Gasteiger partial charge in [-0.2, -0.15) is 9.21 Å². The van der Waals surface area contributed by atoms with Crippen LogP contribution in [0.5, 0.6) is 0 Å². The molecule has 0 radical (unpaired) electrons. The lowest BCUT2D eigenvalue weighted by atomic mass is 9.89. The Labute approximate surface area is 193 Å². The van der Waals surface area contributed by atoms with Crippen LogP contribution in [0.4, 0.5) is 4.39 Å². The van der Waals surface area contributed by atoms with Crippen LogP contribution in [0.3, 0.4) is 0 Å². The fraction of sp³-hybridized carbons (Fsp3) is 0.522. The third-order valence-electron chi connectivity index (χ3n) is 6.76. The molecule has 0 bridgehead atoms. The van der Waals surface area contributed by atoms with Crippen LogP contribution in [0.1, 0.15) is 47.8 Å². The summed E-state index contributed by atoms with van der Waals surface area (Å²) in [6, 6.07) is 6.57. The molecule has 10 heteroatoms. The van der Waals surface area contributed by atoms with Crippen molar-refractivity contribution in [3.8, 4) is 0 Å². The van der Waals surface area contributed by atoms with Crippen molar-refractivity contribution in [2.24, 2.45) is 18.1 Å². The first-order valence-electron chi connectivity index (χ1n) is 11.3. The van der Waals surface area contributed by atoms with E-state index in [-0.39, 0.29) is 29.0 Å². The van der Waals surface area contributed by atoms with Crippen molar-refractivity contribution < 1.29 is 17.6 Å². The van der Waals surface area contributed by atoms with Gasteiger partial charge in [0.1, 0.15) is 16.8 Å². The predicted molar refractivity (Wildman–Crippen MR) is 122 cm³/mol. The second-order valence-electron chi connectivity index (χ2n) is 8.83. The van der Waals surface area contributed by atoms with Gasteiger partial charge in [-0.15, -0.1) is 0 Å². The quantitative estimate of drug-likeness (QED) is 0.451. The molecule has 4 rings (SSSR count). The zero-order valence-corrected chi connectivity index (χ0v) is 19.5. The molecule has 1 unspecified atom stereocenters. The van der Waals surface area contributed by atoms with Gasteiger partial charge in [0.05, 0.1) is 5.69 Å². The van der Waals surface area contributed by atoms with Crippen LogP contribution in [0.25, 0.3) is 0 Å². The minimum Gasteiger partial charge on any atom is -0.351 e. The summed E-state index contributed by atoms with van der Waals surface area (Å²) >= 11 is 0. The Hall–Kier alpha value is -2.43. The lowest BCUT2D eigenvalue weighted by Crippen LogP contribution is -2.39. The van der Waals surface area contributed by atoms with E-state index in [1.54, 1.807) is 23.9 Å². The number of rotatable bonds is 7. The number of aromatic nitrogens is 1. The molecule has 2 aromatic rings. The highest BCUT2D eigenvalue weighted by Gasteiger charge is 2.36. The molecule has 2 aliphatic rings. The van der Waals surface area contributed by atoms with Gasteiger partial charge in [0.25, 0.3) is 0 Å². The zero-order valence-electron chi connectivity index (χ0n) is 18.7. The third kappa shape index (κ3) is 4.92. The minimum absolute atomic E-state index is 0.0577. The Kier molecular flexibility index (Phi) is 7.06. The Morgan fingerprint density at radius 3 is 2.42 bits per heavy atom. The van der Waals surface area contributed by atoms with Crippen LogP contribution in [0, 0.1) is 16.6 Å². The monoisotopic (exact) mass is 476 g/mol. The number of carbonyl (C=O) groups is 1. The Bertz CT molecular complexity index is 1110. The number of benzene rings is 1. The molecular weight excluding hydrogens is 447 g/mol. The molecule has 1 aromatic carbocycles. The van der Waals surface area contributed by atoms with E-state index in [0.29, 0.717) is 30.6 Å². The molecule has 0 aliphatic carbocycles. The van der Waals surface area contributed by atoms with Crippen molar-refractivity contribution in [1.29, 1.82) is 0 Å². The normalized spacial score (nSPS) is 21.9. The van der Waals surface area contributed by atoms with Gasteiger partial charge >= 0.3 is 0 Å². The van der Waals surface area contributed by atoms with Crippen molar-refractivity contribution in [2.45, 2.75) is 36.6 Å². The average molecular weight is 477 g/mol. The van der Waals surface area contributed by atoms with E-state index in [2.05, 4.69) is 10.1 Å². The summed E-state index contributed by atoms with van der Waals surface area (Å²) in [6.07, 6.45) is 4.15. The number of nitroso groups, excluding NO2 is 1. The lowest BCUT2D eigenvalue weighted by Gasteiger charge is -2.31. The highest BCUT2D eigenvalue weighted by Crippen LogP contribution is 2.34. The van der Waals surface area contributed by atoms with Crippen LogP contribution >= 0.6 is 0 Å². The van der Waals surface area contributed by atoms with E-state index in [4.69, 9.17) is 0 Å². The number of hydrogen-bond donors (Lipinski definition) is 0. The van der Waals surface area contributed by atoms with Crippen molar-refractivity contribution in [1.82, 2.24) is 13.8 Å². The number of fused-ring (bicyclic) bond motifs is 1. The molecule has 8 nitrogen and oxygen atoms in total. The molecule has 3 heterocycles. The molecule has 0 saturated carbocycles. The molecule has 2 aliphatic heterocycles. The molecule has 1 saturated heterocycles. The molecule has 1 fully saturated rings. The van der Waals surface area contributed by atoms with Gasteiger partial charge in [0.2, 0.25) is 10.0 Å². The summed E-state index contributed by atoms with van der Waals surface area (Å²) in [5, 5.41) is 3.17. The average Bonchev–Trinajstić information content (AvgIpc) is 3.16. The molecule has 178 valence electrons.